The van der Waals surface area contributed by atoms with Gasteiger partial charge in [0.25, 0.3) is 0 Å². The number of benzene rings is 3. The number of fused-ring (bicyclic) bond motifs is 1. The lowest BCUT2D eigenvalue weighted by Gasteiger charge is -2.27. The van der Waals surface area contributed by atoms with E-state index in [0.717, 1.165) is 64.9 Å². The highest BCUT2D eigenvalue weighted by Gasteiger charge is 2.48. The number of likely N-dealkylation sites (tertiary alicyclic amines) is 1. The molecule has 0 aromatic heterocycles. The van der Waals surface area contributed by atoms with Gasteiger partial charge in [-0.2, -0.15) is 0 Å². The van der Waals surface area contributed by atoms with Crippen molar-refractivity contribution in [1.82, 2.24) is 4.90 Å². The Balaban J connectivity index is 1.34. The standard InChI is InChI=1S/C34H38N2O6/c1-4-21-7-6-8-22(5-2)31(21)35-29(37)18-36-17-27(26-15-16-28-33(20(26)3)41-19-40-28)30(34(38)39)32(36)23-9-11-24(12-10-23)42-25-13-14-25/h6-12,15-16,25,27,30,32H,4-5,13-14,17-19H2,1-3H3,(H,35,37)(H,38,39)/t27-,30?,32+/m1/s1. The number of hydrogen-bond acceptors (Lipinski definition) is 6. The number of nitrogens with zero attached hydrogens (tertiary/aromatic N) is 1. The van der Waals surface area contributed by atoms with Crippen molar-refractivity contribution in [3.8, 4) is 17.2 Å². The van der Waals surface area contributed by atoms with Crippen LogP contribution < -0.4 is 19.5 Å². The summed E-state index contributed by atoms with van der Waals surface area (Å²) in [5, 5.41) is 13.8. The number of para-hydroxylation sites is 1. The predicted molar refractivity (Wildman–Crippen MR) is 159 cm³/mol. The van der Waals surface area contributed by atoms with Crippen LogP contribution in [0.3, 0.4) is 0 Å². The number of aryl methyl sites for hydroxylation is 2. The number of amides is 1. The van der Waals surface area contributed by atoms with Crippen molar-refractivity contribution in [2.75, 3.05) is 25.2 Å². The van der Waals surface area contributed by atoms with Crippen LogP contribution in [0.5, 0.6) is 17.2 Å². The van der Waals surface area contributed by atoms with Gasteiger partial charge in [-0.3, -0.25) is 14.5 Å². The fourth-order valence-electron chi connectivity index (χ4n) is 6.52. The van der Waals surface area contributed by atoms with E-state index in [1.807, 2.05) is 66.4 Å². The number of rotatable bonds is 10. The van der Waals surface area contributed by atoms with Crippen LogP contribution in [-0.4, -0.2) is 47.9 Å². The Labute approximate surface area is 246 Å². The molecule has 3 aromatic carbocycles. The van der Waals surface area contributed by atoms with Crippen LogP contribution in [0.25, 0.3) is 0 Å². The summed E-state index contributed by atoms with van der Waals surface area (Å²) in [6, 6.07) is 17.1. The molecule has 3 atom stereocenters. The maximum absolute atomic E-state index is 13.6. The second-order valence-electron chi connectivity index (χ2n) is 11.5. The van der Waals surface area contributed by atoms with Crippen LogP contribution in [0.1, 0.15) is 66.5 Å². The van der Waals surface area contributed by atoms with Crippen LogP contribution >= 0.6 is 0 Å². The summed E-state index contributed by atoms with van der Waals surface area (Å²) >= 11 is 0. The Morgan fingerprint density at radius 1 is 1.00 bits per heavy atom. The minimum Gasteiger partial charge on any atom is -0.490 e. The molecule has 3 aromatic rings. The highest BCUT2D eigenvalue weighted by molar-refractivity contribution is 5.94. The first-order chi connectivity index (χ1) is 20.4. The molecule has 3 aliphatic rings. The van der Waals surface area contributed by atoms with Gasteiger partial charge in [0.05, 0.1) is 18.6 Å². The quantitative estimate of drug-likeness (QED) is 0.315. The Bertz CT molecular complexity index is 1460. The SMILES string of the molecule is CCc1cccc(CC)c1NC(=O)CN1C[C@H](c2ccc3c(c2C)OCO3)C(C(=O)O)[C@@H]1c1ccc(OC2CC2)cc1. The fraction of sp³-hybridized carbons (Fsp3) is 0.412. The van der Waals surface area contributed by atoms with Crippen LogP contribution in [0.4, 0.5) is 5.69 Å². The number of aliphatic carboxylic acids is 1. The molecule has 42 heavy (non-hydrogen) atoms. The molecule has 2 fully saturated rings. The number of carbonyl (C=O) groups is 2. The third-order valence-electron chi connectivity index (χ3n) is 8.77. The Morgan fingerprint density at radius 2 is 1.71 bits per heavy atom. The van der Waals surface area contributed by atoms with Crippen LogP contribution in [0, 0.1) is 12.8 Å². The third-order valence-corrected chi connectivity index (χ3v) is 8.77. The average Bonchev–Trinajstić information content (AvgIpc) is 3.52. The molecule has 2 heterocycles. The molecular formula is C34H38N2O6. The Morgan fingerprint density at radius 3 is 2.36 bits per heavy atom. The molecular weight excluding hydrogens is 532 g/mol. The van der Waals surface area contributed by atoms with Crippen molar-refractivity contribution in [1.29, 1.82) is 0 Å². The normalized spacial score (nSPS) is 21.4. The summed E-state index contributed by atoms with van der Waals surface area (Å²) in [5.41, 5.74) is 5.67. The molecule has 1 saturated carbocycles. The summed E-state index contributed by atoms with van der Waals surface area (Å²) in [5.74, 6) is -0.0746. The van der Waals surface area contributed by atoms with E-state index >= 15 is 0 Å². The smallest absolute Gasteiger partial charge is 0.309 e. The molecule has 1 aliphatic carbocycles. The highest BCUT2D eigenvalue weighted by atomic mass is 16.7. The first-order valence-corrected chi connectivity index (χ1v) is 14.9. The summed E-state index contributed by atoms with van der Waals surface area (Å²) in [4.78, 5) is 28.7. The van der Waals surface area contributed by atoms with Crippen LogP contribution in [0.2, 0.25) is 0 Å². The lowest BCUT2D eigenvalue weighted by Crippen LogP contribution is -2.35. The monoisotopic (exact) mass is 570 g/mol. The maximum Gasteiger partial charge on any atom is 0.309 e. The van der Waals surface area contributed by atoms with Crippen molar-refractivity contribution in [3.63, 3.8) is 0 Å². The summed E-state index contributed by atoms with van der Waals surface area (Å²) in [6.45, 7) is 6.72. The van der Waals surface area contributed by atoms with Gasteiger partial charge in [0.2, 0.25) is 12.7 Å². The zero-order valence-electron chi connectivity index (χ0n) is 24.4. The summed E-state index contributed by atoms with van der Waals surface area (Å²) in [7, 11) is 0. The average molecular weight is 571 g/mol. The first-order valence-electron chi connectivity index (χ1n) is 14.9. The zero-order valence-corrected chi connectivity index (χ0v) is 24.4. The molecule has 2 N–H and O–H groups in total. The van der Waals surface area contributed by atoms with E-state index in [-0.39, 0.29) is 31.3 Å². The minimum atomic E-state index is -0.895. The lowest BCUT2D eigenvalue weighted by molar-refractivity contribution is -0.143. The summed E-state index contributed by atoms with van der Waals surface area (Å²) in [6.07, 6.45) is 4.00. The van der Waals surface area contributed by atoms with Gasteiger partial charge in [0, 0.05) is 24.2 Å². The topological polar surface area (TPSA) is 97.3 Å². The van der Waals surface area contributed by atoms with Gasteiger partial charge in [0.1, 0.15) is 5.75 Å². The van der Waals surface area contributed by atoms with Gasteiger partial charge in [-0.25, -0.2) is 0 Å². The predicted octanol–water partition coefficient (Wildman–Crippen LogP) is 5.87. The fourth-order valence-corrected chi connectivity index (χ4v) is 6.52. The third kappa shape index (κ3) is 5.43. The number of anilines is 1. The van der Waals surface area contributed by atoms with Gasteiger partial charge < -0.3 is 24.6 Å². The van der Waals surface area contributed by atoms with Crippen molar-refractivity contribution in [2.24, 2.45) is 5.92 Å². The largest absolute Gasteiger partial charge is 0.490 e. The first kappa shape index (κ1) is 28.1. The number of ether oxygens (including phenoxy) is 3. The van der Waals surface area contributed by atoms with Gasteiger partial charge in [-0.15, -0.1) is 0 Å². The van der Waals surface area contributed by atoms with Gasteiger partial charge in [-0.1, -0.05) is 50.2 Å². The molecule has 1 unspecified atom stereocenters. The van der Waals surface area contributed by atoms with Gasteiger partial charge in [-0.05, 0) is 78.6 Å². The molecule has 2 aliphatic heterocycles. The van der Waals surface area contributed by atoms with Gasteiger partial charge in [0.15, 0.2) is 11.5 Å². The molecule has 0 spiro atoms. The van der Waals surface area contributed by atoms with Crippen LogP contribution in [-0.2, 0) is 22.4 Å². The molecule has 220 valence electrons. The minimum absolute atomic E-state index is 0.0656. The Kier molecular flexibility index (Phi) is 7.82. The highest BCUT2D eigenvalue weighted by Crippen LogP contribution is 2.49. The van der Waals surface area contributed by atoms with Crippen molar-refractivity contribution < 1.29 is 28.9 Å². The van der Waals surface area contributed by atoms with Crippen LogP contribution in [0.15, 0.2) is 54.6 Å². The zero-order chi connectivity index (χ0) is 29.4. The van der Waals surface area contributed by atoms with Gasteiger partial charge >= 0.3 is 5.97 Å². The second-order valence-corrected chi connectivity index (χ2v) is 11.5. The number of carbonyl (C=O) groups excluding carboxylic acids is 1. The lowest BCUT2D eigenvalue weighted by atomic mass is 9.81. The number of hydrogen-bond donors (Lipinski definition) is 2. The molecule has 1 amide bonds. The molecule has 0 bridgehead atoms. The number of carboxylic acid groups (broad SMARTS) is 1. The van der Waals surface area contributed by atoms with E-state index < -0.39 is 17.9 Å². The molecule has 8 heteroatoms. The molecule has 0 radical (unpaired) electrons. The van der Waals surface area contributed by atoms with E-state index in [4.69, 9.17) is 14.2 Å². The van der Waals surface area contributed by atoms with Crippen molar-refractivity contribution in [2.45, 2.75) is 64.5 Å². The van der Waals surface area contributed by atoms with E-state index in [9.17, 15) is 14.7 Å². The molecule has 8 nitrogen and oxygen atoms in total. The van der Waals surface area contributed by atoms with Crippen molar-refractivity contribution >= 4 is 17.6 Å². The molecule has 1 saturated heterocycles. The number of nitrogens with one attached hydrogen (secondary N) is 1. The second kappa shape index (κ2) is 11.7. The maximum atomic E-state index is 13.6. The van der Waals surface area contributed by atoms with E-state index in [1.165, 1.54) is 0 Å². The Hall–Kier alpha value is -4.04. The van der Waals surface area contributed by atoms with E-state index in [0.29, 0.717) is 18.0 Å². The van der Waals surface area contributed by atoms with Crippen molar-refractivity contribution in [3.05, 3.63) is 82.4 Å². The van der Waals surface area contributed by atoms with E-state index in [2.05, 4.69) is 19.2 Å². The number of carboxylic acids is 1. The summed E-state index contributed by atoms with van der Waals surface area (Å²) < 4.78 is 17.2. The van der Waals surface area contributed by atoms with E-state index in [1.54, 1.807) is 0 Å². The molecule has 6 rings (SSSR count).